The number of ether oxygens (including phenoxy) is 2. The highest BCUT2D eigenvalue weighted by Gasteiger charge is 2.44. The van der Waals surface area contributed by atoms with Crippen molar-refractivity contribution in [1.82, 2.24) is 0 Å². The molecule has 1 aromatic rings. The Bertz CT molecular complexity index is 426. The van der Waals surface area contributed by atoms with Crippen LogP contribution in [0.3, 0.4) is 0 Å². The highest BCUT2D eigenvalue weighted by Crippen LogP contribution is 2.28. The summed E-state index contributed by atoms with van der Waals surface area (Å²) in [7, 11) is 0. The van der Waals surface area contributed by atoms with Gasteiger partial charge in [-0.1, -0.05) is 23.7 Å². The summed E-state index contributed by atoms with van der Waals surface area (Å²) < 4.78 is 10.6. The Balaban J connectivity index is 2.13. The fourth-order valence-electron chi connectivity index (χ4n) is 1.83. The van der Waals surface area contributed by atoms with Crippen LogP contribution in [0.25, 0.3) is 0 Å². The van der Waals surface area contributed by atoms with Gasteiger partial charge in [-0.2, -0.15) is 0 Å². The number of aliphatic hydroxyl groups excluding tert-OH is 4. The molecule has 6 nitrogen and oxygen atoms in total. The summed E-state index contributed by atoms with van der Waals surface area (Å²) in [6, 6.07) is 6.57. The summed E-state index contributed by atoms with van der Waals surface area (Å²) in [5, 5.41) is 38.4. The molecule has 1 aliphatic rings. The molecule has 5 atom stereocenters. The molecule has 0 spiro atoms. The van der Waals surface area contributed by atoms with Crippen LogP contribution >= 0.6 is 11.6 Å². The Hall–Kier alpha value is -0.890. The molecule has 0 aromatic heterocycles. The minimum Gasteiger partial charge on any atom is -0.460 e. The summed E-state index contributed by atoms with van der Waals surface area (Å²) in [6.07, 6.45) is -6.57. The van der Waals surface area contributed by atoms with Crippen molar-refractivity contribution in [2.75, 3.05) is 6.61 Å². The minimum absolute atomic E-state index is 0.272. The maximum Gasteiger partial charge on any atom is 0.229 e. The van der Waals surface area contributed by atoms with Crippen LogP contribution in [0.2, 0.25) is 5.02 Å². The molecule has 0 saturated carbocycles. The Morgan fingerprint density at radius 1 is 1.11 bits per heavy atom. The third-order valence-electron chi connectivity index (χ3n) is 2.93. The van der Waals surface area contributed by atoms with Crippen LogP contribution in [-0.2, 0) is 4.74 Å². The largest absolute Gasteiger partial charge is 0.460 e. The predicted molar refractivity (Wildman–Crippen MR) is 65.8 cm³/mol. The van der Waals surface area contributed by atoms with E-state index >= 15 is 0 Å². The lowest BCUT2D eigenvalue weighted by Crippen LogP contribution is -2.60. The molecular formula is C12H15ClO6. The van der Waals surface area contributed by atoms with Gasteiger partial charge in [0.2, 0.25) is 6.29 Å². The number of hydrogen-bond donors (Lipinski definition) is 4. The van der Waals surface area contributed by atoms with Gasteiger partial charge in [0.25, 0.3) is 0 Å². The Kier molecular flexibility index (Phi) is 4.62. The first-order valence-corrected chi connectivity index (χ1v) is 6.14. The zero-order valence-electron chi connectivity index (χ0n) is 9.89. The Morgan fingerprint density at radius 2 is 1.79 bits per heavy atom. The number of halogens is 1. The quantitative estimate of drug-likeness (QED) is 0.600. The molecule has 0 radical (unpaired) electrons. The maximum absolute atomic E-state index is 9.79. The highest BCUT2D eigenvalue weighted by atomic mass is 35.5. The van der Waals surface area contributed by atoms with E-state index in [2.05, 4.69) is 0 Å². The van der Waals surface area contributed by atoms with Gasteiger partial charge in [0.1, 0.15) is 30.2 Å². The van der Waals surface area contributed by atoms with Crippen molar-refractivity contribution in [3.8, 4) is 5.75 Å². The molecular weight excluding hydrogens is 276 g/mol. The van der Waals surface area contributed by atoms with Gasteiger partial charge in [0, 0.05) is 0 Å². The molecule has 1 fully saturated rings. The third-order valence-corrected chi connectivity index (χ3v) is 3.24. The van der Waals surface area contributed by atoms with E-state index in [1.54, 1.807) is 24.3 Å². The monoisotopic (exact) mass is 290 g/mol. The van der Waals surface area contributed by atoms with Gasteiger partial charge in [-0.3, -0.25) is 0 Å². The predicted octanol–water partition coefficient (Wildman–Crippen LogP) is -0.481. The van der Waals surface area contributed by atoms with Crippen molar-refractivity contribution < 1.29 is 29.9 Å². The Morgan fingerprint density at radius 3 is 2.42 bits per heavy atom. The molecule has 1 aromatic carbocycles. The van der Waals surface area contributed by atoms with Gasteiger partial charge < -0.3 is 29.9 Å². The van der Waals surface area contributed by atoms with Crippen molar-refractivity contribution in [2.45, 2.75) is 30.7 Å². The van der Waals surface area contributed by atoms with E-state index in [1.165, 1.54) is 0 Å². The van der Waals surface area contributed by atoms with Gasteiger partial charge in [0.15, 0.2) is 0 Å². The first kappa shape index (κ1) is 14.5. The van der Waals surface area contributed by atoms with Crippen molar-refractivity contribution in [2.24, 2.45) is 0 Å². The summed E-state index contributed by atoms with van der Waals surface area (Å²) in [4.78, 5) is 0. The second-order valence-electron chi connectivity index (χ2n) is 4.25. The molecule has 1 heterocycles. The molecule has 2 rings (SSSR count). The standard InChI is InChI=1S/C12H15ClO6/c13-6-3-1-2-4-7(6)18-12-11(17)10(16)9(15)8(5-14)19-12/h1-4,8-12,14-17H,5H2/t8?,9-,10+,11?,12-/m1/s1. The van der Waals surface area contributed by atoms with E-state index in [9.17, 15) is 15.3 Å². The number of hydrogen-bond acceptors (Lipinski definition) is 6. The topological polar surface area (TPSA) is 99.4 Å². The lowest BCUT2D eigenvalue weighted by atomic mass is 9.99. The average Bonchev–Trinajstić information content (AvgIpc) is 2.41. The van der Waals surface area contributed by atoms with Crippen LogP contribution in [0.15, 0.2) is 24.3 Å². The highest BCUT2D eigenvalue weighted by molar-refractivity contribution is 6.32. The van der Waals surface area contributed by atoms with Crippen molar-refractivity contribution in [1.29, 1.82) is 0 Å². The SMILES string of the molecule is OCC1O[C@@H](Oc2ccccc2Cl)C(O)[C@@H](O)[C@@H]1O. The van der Waals surface area contributed by atoms with Crippen molar-refractivity contribution in [3.05, 3.63) is 29.3 Å². The number of aliphatic hydroxyl groups is 4. The fourth-order valence-corrected chi connectivity index (χ4v) is 2.01. The number of para-hydroxylation sites is 1. The maximum atomic E-state index is 9.79. The lowest BCUT2D eigenvalue weighted by Gasteiger charge is -2.39. The molecule has 0 aliphatic carbocycles. The first-order chi connectivity index (χ1) is 9.04. The number of benzene rings is 1. The van der Waals surface area contributed by atoms with E-state index in [1.807, 2.05) is 0 Å². The van der Waals surface area contributed by atoms with Crippen LogP contribution < -0.4 is 4.74 Å². The molecule has 1 aliphatic heterocycles. The fraction of sp³-hybridized carbons (Fsp3) is 0.500. The smallest absolute Gasteiger partial charge is 0.229 e. The van der Waals surface area contributed by atoms with Crippen LogP contribution in [0.1, 0.15) is 0 Å². The third kappa shape index (κ3) is 3.00. The Labute approximate surface area is 114 Å². The van der Waals surface area contributed by atoms with E-state index < -0.39 is 37.3 Å². The summed E-state index contributed by atoms with van der Waals surface area (Å²) in [5.74, 6) is 0.272. The molecule has 1 saturated heterocycles. The summed E-state index contributed by atoms with van der Waals surface area (Å²) in [6.45, 7) is -0.507. The zero-order valence-corrected chi connectivity index (χ0v) is 10.6. The molecule has 2 unspecified atom stereocenters. The van der Waals surface area contributed by atoms with Crippen molar-refractivity contribution in [3.63, 3.8) is 0 Å². The van der Waals surface area contributed by atoms with Crippen molar-refractivity contribution >= 4 is 11.6 Å². The molecule has 4 N–H and O–H groups in total. The second-order valence-corrected chi connectivity index (χ2v) is 4.65. The lowest BCUT2D eigenvalue weighted by molar-refractivity contribution is -0.277. The minimum atomic E-state index is -1.47. The zero-order chi connectivity index (χ0) is 14.0. The van der Waals surface area contributed by atoms with Crippen LogP contribution in [0.4, 0.5) is 0 Å². The molecule has 106 valence electrons. The molecule has 7 heteroatoms. The van der Waals surface area contributed by atoms with E-state index in [-0.39, 0.29) is 5.75 Å². The molecule has 0 amide bonds. The average molecular weight is 291 g/mol. The van der Waals surface area contributed by atoms with Gasteiger partial charge in [-0.15, -0.1) is 0 Å². The van der Waals surface area contributed by atoms with E-state index in [4.69, 9.17) is 26.2 Å². The number of rotatable bonds is 3. The van der Waals surface area contributed by atoms with E-state index in [0.29, 0.717) is 5.02 Å². The van der Waals surface area contributed by atoms with Gasteiger partial charge >= 0.3 is 0 Å². The van der Waals surface area contributed by atoms with Gasteiger partial charge in [-0.05, 0) is 12.1 Å². The molecule has 19 heavy (non-hydrogen) atoms. The molecule has 0 bridgehead atoms. The van der Waals surface area contributed by atoms with E-state index in [0.717, 1.165) is 0 Å². The van der Waals surface area contributed by atoms with Crippen LogP contribution in [0, 0.1) is 0 Å². The first-order valence-electron chi connectivity index (χ1n) is 5.76. The van der Waals surface area contributed by atoms with Crippen LogP contribution in [0.5, 0.6) is 5.75 Å². The normalized spacial score (nSPS) is 35.1. The van der Waals surface area contributed by atoms with Gasteiger partial charge in [0.05, 0.1) is 11.6 Å². The second kappa shape index (κ2) is 6.04. The van der Waals surface area contributed by atoms with Crippen LogP contribution in [-0.4, -0.2) is 57.7 Å². The summed E-state index contributed by atoms with van der Waals surface area (Å²) >= 11 is 5.90. The van der Waals surface area contributed by atoms with Gasteiger partial charge in [-0.25, -0.2) is 0 Å². The summed E-state index contributed by atoms with van der Waals surface area (Å²) in [5.41, 5.74) is 0.